The number of benzene rings is 1. The third-order valence-electron chi connectivity index (χ3n) is 5.04. The standard InChI is InChI=1S/C20H21N3O5S/c1-27-14-4-2-11(3-5-14)18(25)23-20-22-15-8-12(9-16(24)17(15)29-20)19(26)21-13-6-7-28-10-13/h2-5,12-13H,6-10H2,1H3,(H,21,26)(H,22,23,25). The zero-order valence-corrected chi connectivity index (χ0v) is 16.7. The maximum absolute atomic E-state index is 12.5. The fourth-order valence-corrected chi connectivity index (χ4v) is 4.38. The van der Waals surface area contributed by atoms with Gasteiger partial charge in [-0.3, -0.25) is 19.7 Å². The predicted octanol–water partition coefficient (Wildman–Crippen LogP) is 2.05. The second kappa shape index (κ2) is 8.30. The van der Waals surface area contributed by atoms with Crippen LogP contribution in [0.3, 0.4) is 0 Å². The molecule has 0 bridgehead atoms. The summed E-state index contributed by atoms with van der Waals surface area (Å²) in [5.41, 5.74) is 1.03. The van der Waals surface area contributed by atoms with Crippen molar-refractivity contribution in [2.24, 2.45) is 5.92 Å². The van der Waals surface area contributed by atoms with Gasteiger partial charge in [0.1, 0.15) is 5.75 Å². The molecule has 2 atom stereocenters. The molecular formula is C20H21N3O5S. The van der Waals surface area contributed by atoms with Crippen LogP contribution in [0, 0.1) is 5.92 Å². The lowest BCUT2D eigenvalue weighted by Gasteiger charge is -2.21. The first-order valence-electron chi connectivity index (χ1n) is 9.40. The Labute approximate surface area is 171 Å². The fourth-order valence-electron chi connectivity index (χ4n) is 3.45. The second-order valence-electron chi connectivity index (χ2n) is 7.07. The molecule has 1 saturated heterocycles. The Morgan fingerprint density at radius 3 is 2.72 bits per heavy atom. The number of nitrogens with one attached hydrogen (secondary N) is 2. The zero-order chi connectivity index (χ0) is 20.4. The molecule has 29 heavy (non-hydrogen) atoms. The van der Waals surface area contributed by atoms with Gasteiger partial charge in [-0.2, -0.15) is 0 Å². The summed E-state index contributed by atoms with van der Waals surface area (Å²) in [6.45, 7) is 1.15. The summed E-state index contributed by atoms with van der Waals surface area (Å²) >= 11 is 1.15. The third kappa shape index (κ3) is 4.30. The van der Waals surface area contributed by atoms with E-state index in [1.165, 1.54) is 0 Å². The first-order chi connectivity index (χ1) is 14.0. The molecule has 8 nitrogen and oxygen atoms in total. The van der Waals surface area contributed by atoms with Gasteiger partial charge in [-0.15, -0.1) is 0 Å². The summed E-state index contributed by atoms with van der Waals surface area (Å²) < 4.78 is 10.4. The summed E-state index contributed by atoms with van der Waals surface area (Å²) in [5.74, 6) is -0.359. The quantitative estimate of drug-likeness (QED) is 0.774. The van der Waals surface area contributed by atoms with Crippen molar-refractivity contribution in [3.05, 3.63) is 40.4 Å². The Hall–Kier alpha value is -2.78. The molecule has 1 aliphatic carbocycles. The molecule has 4 rings (SSSR count). The number of fused-ring (bicyclic) bond motifs is 1. The SMILES string of the molecule is COc1ccc(C(=O)Nc2nc3c(s2)C(=O)CC(C(=O)NC2CCOC2)C3)cc1. The number of ether oxygens (including phenoxy) is 2. The predicted molar refractivity (Wildman–Crippen MR) is 107 cm³/mol. The van der Waals surface area contributed by atoms with Crippen molar-refractivity contribution in [1.29, 1.82) is 0 Å². The van der Waals surface area contributed by atoms with Gasteiger partial charge < -0.3 is 14.8 Å². The second-order valence-corrected chi connectivity index (χ2v) is 8.07. The monoisotopic (exact) mass is 415 g/mol. The van der Waals surface area contributed by atoms with E-state index < -0.39 is 5.92 Å². The molecule has 152 valence electrons. The number of hydrogen-bond donors (Lipinski definition) is 2. The lowest BCUT2D eigenvalue weighted by atomic mass is 9.89. The number of nitrogens with zero attached hydrogens (tertiary/aromatic N) is 1. The summed E-state index contributed by atoms with van der Waals surface area (Å²) in [7, 11) is 1.56. The van der Waals surface area contributed by atoms with Crippen LogP contribution in [0.5, 0.6) is 5.75 Å². The lowest BCUT2D eigenvalue weighted by molar-refractivity contribution is -0.125. The minimum absolute atomic E-state index is 0.00813. The number of rotatable bonds is 5. The van der Waals surface area contributed by atoms with Crippen molar-refractivity contribution >= 4 is 34.1 Å². The normalized spacial score (nSPS) is 20.8. The zero-order valence-electron chi connectivity index (χ0n) is 15.9. The number of carbonyl (C=O) groups is 3. The average molecular weight is 415 g/mol. The summed E-state index contributed by atoms with van der Waals surface area (Å²) in [4.78, 5) is 42.4. The van der Waals surface area contributed by atoms with Crippen LogP contribution in [-0.4, -0.2) is 48.9 Å². The molecule has 1 aliphatic heterocycles. The Bertz CT molecular complexity index is 934. The Balaban J connectivity index is 1.43. The van der Waals surface area contributed by atoms with E-state index >= 15 is 0 Å². The number of aromatic nitrogens is 1. The van der Waals surface area contributed by atoms with Crippen LogP contribution in [0.25, 0.3) is 0 Å². The molecule has 2 unspecified atom stereocenters. The molecule has 2 N–H and O–H groups in total. The van der Waals surface area contributed by atoms with Crippen LogP contribution in [-0.2, 0) is 16.0 Å². The van der Waals surface area contributed by atoms with Crippen LogP contribution in [0.4, 0.5) is 5.13 Å². The number of ketones is 1. The molecule has 1 fully saturated rings. The highest BCUT2D eigenvalue weighted by Crippen LogP contribution is 2.32. The first-order valence-corrected chi connectivity index (χ1v) is 10.2. The molecule has 0 radical (unpaired) electrons. The Morgan fingerprint density at radius 2 is 2.03 bits per heavy atom. The molecule has 9 heteroatoms. The molecule has 2 heterocycles. The number of hydrogen-bond acceptors (Lipinski definition) is 7. The van der Waals surface area contributed by atoms with Crippen LogP contribution in [0.1, 0.15) is 38.6 Å². The first kappa shape index (κ1) is 19.5. The van der Waals surface area contributed by atoms with E-state index in [9.17, 15) is 14.4 Å². The lowest BCUT2D eigenvalue weighted by Crippen LogP contribution is -2.41. The number of amides is 2. The van der Waals surface area contributed by atoms with Crippen LogP contribution < -0.4 is 15.4 Å². The minimum atomic E-state index is -0.442. The maximum Gasteiger partial charge on any atom is 0.257 e. The molecule has 1 aromatic heterocycles. The van der Waals surface area contributed by atoms with Crippen molar-refractivity contribution in [1.82, 2.24) is 10.3 Å². The largest absolute Gasteiger partial charge is 0.497 e. The van der Waals surface area contributed by atoms with Gasteiger partial charge in [-0.25, -0.2) is 4.98 Å². The molecule has 2 aromatic rings. The van der Waals surface area contributed by atoms with Gasteiger partial charge in [0.25, 0.3) is 5.91 Å². The van der Waals surface area contributed by atoms with Gasteiger partial charge in [0.15, 0.2) is 10.9 Å². The highest BCUT2D eigenvalue weighted by molar-refractivity contribution is 7.17. The van der Waals surface area contributed by atoms with E-state index in [1.54, 1.807) is 31.4 Å². The summed E-state index contributed by atoms with van der Waals surface area (Å²) in [5, 5.41) is 6.04. The fraction of sp³-hybridized carbons (Fsp3) is 0.400. The third-order valence-corrected chi connectivity index (χ3v) is 6.10. The van der Waals surface area contributed by atoms with E-state index in [0.29, 0.717) is 46.7 Å². The van der Waals surface area contributed by atoms with Gasteiger partial charge >= 0.3 is 0 Å². The van der Waals surface area contributed by atoms with Gasteiger partial charge in [0.05, 0.1) is 36.2 Å². The van der Waals surface area contributed by atoms with Crippen LogP contribution >= 0.6 is 11.3 Å². The van der Waals surface area contributed by atoms with Gasteiger partial charge in [-0.1, -0.05) is 11.3 Å². The van der Waals surface area contributed by atoms with Gasteiger partial charge in [-0.05, 0) is 30.7 Å². The van der Waals surface area contributed by atoms with E-state index in [0.717, 1.165) is 17.8 Å². The molecular weight excluding hydrogens is 394 g/mol. The molecule has 2 amide bonds. The van der Waals surface area contributed by atoms with Gasteiger partial charge in [0, 0.05) is 25.0 Å². The van der Waals surface area contributed by atoms with Crippen molar-refractivity contribution in [3.63, 3.8) is 0 Å². The van der Waals surface area contributed by atoms with E-state index in [4.69, 9.17) is 9.47 Å². The Morgan fingerprint density at radius 1 is 1.24 bits per heavy atom. The molecule has 1 aromatic carbocycles. The summed E-state index contributed by atoms with van der Waals surface area (Å²) in [6, 6.07) is 6.71. The average Bonchev–Trinajstić information content (AvgIpc) is 3.37. The van der Waals surface area contributed by atoms with Crippen LogP contribution in [0.15, 0.2) is 24.3 Å². The van der Waals surface area contributed by atoms with Crippen molar-refractivity contribution in [2.45, 2.75) is 25.3 Å². The van der Waals surface area contributed by atoms with Crippen molar-refractivity contribution < 1.29 is 23.9 Å². The van der Waals surface area contributed by atoms with Crippen molar-refractivity contribution in [3.8, 4) is 5.75 Å². The Kier molecular flexibility index (Phi) is 5.59. The molecule has 0 spiro atoms. The van der Waals surface area contributed by atoms with E-state index in [1.807, 2.05) is 0 Å². The van der Waals surface area contributed by atoms with Crippen molar-refractivity contribution in [2.75, 3.05) is 25.6 Å². The van der Waals surface area contributed by atoms with Crippen LogP contribution in [0.2, 0.25) is 0 Å². The maximum atomic E-state index is 12.5. The minimum Gasteiger partial charge on any atom is -0.497 e. The molecule has 2 aliphatic rings. The number of thiazole rings is 1. The van der Waals surface area contributed by atoms with Gasteiger partial charge in [0.2, 0.25) is 5.91 Å². The number of methoxy groups -OCH3 is 1. The van der Waals surface area contributed by atoms with E-state index in [-0.39, 0.29) is 30.1 Å². The number of anilines is 1. The van der Waals surface area contributed by atoms with E-state index in [2.05, 4.69) is 15.6 Å². The number of carbonyl (C=O) groups excluding carboxylic acids is 3. The smallest absolute Gasteiger partial charge is 0.257 e. The highest BCUT2D eigenvalue weighted by Gasteiger charge is 2.34. The number of Topliss-reactive ketones (excluding diaryl/α,β-unsaturated/α-hetero) is 1. The molecule has 0 saturated carbocycles. The topological polar surface area (TPSA) is 107 Å². The highest BCUT2D eigenvalue weighted by atomic mass is 32.1. The summed E-state index contributed by atoms with van der Waals surface area (Å²) in [6.07, 6.45) is 1.33.